The van der Waals surface area contributed by atoms with Crippen LogP contribution in [-0.2, 0) is 4.79 Å². The number of amides is 1. The number of hydrogen-bond acceptors (Lipinski definition) is 6. The van der Waals surface area contributed by atoms with Crippen LogP contribution in [0.3, 0.4) is 0 Å². The number of rotatable bonds is 8. The molecule has 1 aromatic heterocycles. The summed E-state index contributed by atoms with van der Waals surface area (Å²) in [5.74, 6) is 0.735. The number of benzene rings is 2. The van der Waals surface area contributed by atoms with Gasteiger partial charge >= 0.3 is 0 Å². The number of unbranched alkanes of at least 4 members (excludes halogenated alkanes) is 1. The Kier molecular flexibility index (Phi) is 6.05. The highest BCUT2D eigenvalue weighted by Gasteiger charge is 2.13. The Hall–Kier alpha value is -2.90. The first-order chi connectivity index (χ1) is 13.1. The molecule has 0 radical (unpaired) electrons. The van der Waals surface area contributed by atoms with E-state index in [4.69, 9.17) is 14.4 Å². The van der Waals surface area contributed by atoms with Crippen molar-refractivity contribution >= 4 is 17.0 Å². The lowest BCUT2D eigenvalue weighted by atomic mass is 10.0. The number of para-hydroxylation sites is 1. The standard InChI is InChI=1S/C20H22N2O5/c1-26-16-6-4-7-17-19(16)21-20(27-17)14-11-9-13(10-12-14)15(23)5-2-3-8-18(24)22-25/h4,6-7,9-12,15,23,25H,2-3,5,8H2,1H3,(H,22,24)/t15-/m1/s1. The molecule has 1 amide bonds. The molecular formula is C20H22N2O5. The number of oxazole rings is 1. The molecule has 1 heterocycles. The van der Waals surface area contributed by atoms with E-state index in [1.54, 1.807) is 12.6 Å². The van der Waals surface area contributed by atoms with Crippen molar-refractivity contribution in [3.63, 3.8) is 0 Å². The normalized spacial score (nSPS) is 12.1. The second-order valence-electron chi connectivity index (χ2n) is 6.24. The number of aliphatic hydroxyl groups excluding tert-OH is 1. The van der Waals surface area contributed by atoms with Gasteiger partial charge in [-0.1, -0.05) is 24.6 Å². The van der Waals surface area contributed by atoms with Crippen LogP contribution >= 0.6 is 0 Å². The van der Waals surface area contributed by atoms with E-state index < -0.39 is 12.0 Å². The van der Waals surface area contributed by atoms with Gasteiger partial charge in [-0.2, -0.15) is 0 Å². The van der Waals surface area contributed by atoms with Crippen molar-refractivity contribution in [3.05, 3.63) is 48.0 Å². The van der Waals surface area contributed by atoms with E-state index in [0.717, 1.165) is 11.1 Å². The van der Waals surface area contributed by atoms with E-state index in [9.17, 15) is 9.90 Å². The fourth-order valence-electron chi connectivity index (χ4n) is 2.91. The van der Waals surface area contributed by atoms with Gasteiger partial charge in [0.1, 0.15) is 5.75 Å². The maximum atomic E-state index is 11.0. The monoisotopic (exact) mass is 370 g/mol. The van der Waals surface area contributed by atoms with Gasteiger partial charge in [-0.3, -0.25) is 10.0 Å². The number of nitrogens with zero attached hydrogens (tertiary/aromatic N) is 1. The van der Waals surface area contributed by atoms with Crippen molar-refractivity contribution in [3.8, 4) is 17.2 Å². The Balaban J connectivity index is 1.65. The predicted octanol–water partition coefficient (Wildman–Crippen LogP) is 3.60. The van der Waals surface area contributed by atoms with Crippen LogP contribution in [0.4, 0.5) is 0 Å². The second kappa shape index (κ2) is 8.66. The summed E-state index contributed by atoms with van der Waals surface area (Å²) in [6.45, 7) is 0. The van der Waals surface area contributed by atoms with E-state index in [1.165, 1.54) is 0 Å². The summed E-state index contributed by atoms with van der Waals surface area (Å²) >= 11 is 0. The molecule has 3 aromatic rings. The zero-order valence-electron chi connectivity index (χ0n) is 15.0. The molecule has 0 bridgehead atoms. The molecule has 0 aliphatic rings. The van der Waals surface area contributed by atoms with Crippen molar-refractivity contribution in [2.75, 3.05) is 7.11 Å². The molecule has 3 N–H and O–H groups in total. The van der Waals surface area contributed by atoms with Gasteiger partial charge in [0.15, 0.2) is 11.1 Å². The van der Waals surface area contributed by atoms with Crippen molar-refractivity contribution in [1.82, 2.24) is 10.5 Å². The maximum Gasteiger partial charge on any atom is 0.243 e. The number of ether oxygens (including phenoxy) is 1. The van der Waals surface area contributed by atoms with E-state index in [0.29, 0.717) is 42.0 Å². The number of carbonyl (C=O) groups excluding carboxylic acids is 1. The lowest BCUT2D eigenvalue weighted by Crippen LogP contribution is -2.17. The van der Waals surface area contributed by atoms with E-state index in [-0.39, 0.29) is 6.42 Å². The van der Waals surface area contributed by atoms with E-state index >= 15 is 0 Å². The molecule has 3 rings (SSSR count). The fourth-order valence-corrected chi connectivity index (χ4v) is 2.91. The summed E-state index contributed by atoms with van der Waals surface area (Å²) in [4.78, 5) is 15.5. The summed E-state index contributed by atoms with van der Waals surface area (Å²) in [7, 11) is 1.59. The van der Waals surface area contributed by atoms with Crippen molar-refractivity contribution < 1.29 is 24.3 Å². The van der Waals surface area contributed by atoms with Gasteiger partial charge in [0.2, 0.25) is 11.8 Å². The number of aromatic nitrogens is 1. The van der Waals surface area contributed by atoms with Gasteiger partial charge in [0.25, 0.3) is 0 Å². The molecule has 0 saturated heterocycles. The number of aliphatic hydroxyl groups is 1. The van der Waals surface area contributed by atoms with Crippen LogP contribution in [0.2, 0.25) is 0 Å². The molecule has 7 nitrogen and oxygen atoms in total. The van der Waals surface area contributed by atoms with E-state index in [1.807, 2.05) is 42.5 Å². The van der Waals surface area contributed by atoms with Crippen LogP contribution in [0.15, 0.2) is 46.9 Å². The molecular weight excluding hydrogens is 348 g/mol. The maximum absolute atomic E-state index is 11.0. The first-order valence-corrected chi connectivity index (χ1v) is 8.77. The zero-order valence-corrected chi connectivity index (χ0v) is 15.0. The third-order valence-corrected chi connectivity index (χ3v) is 4.40. The number of hydrogen-bond donors (Lipinski definition) is 3. The molecule has 0 unspecified atom stereocenters. The minimum Gasteiger partial charge on any atom is -0.494 e. The van der Waals surface area contributed by atoms with E-state index in [2.05, 4.69) is 4.98 Å². The summed E-state index contributed by atoms with van der Waals surface area (Å²) in [6, 6.07) is 12.9. The van der Waals surface area contributed by atoms with Gasteiger partial charge < -0.3 is 14.3 Å². The Morgan fingerprint density at radius 2 is 2.00 bits per heavy atom. The number of methoxy groups -OCH3 is 1. The van der Waals surface area contributed by atoms with Crippen LogP contribution in [-0.4, -0.2) is 28.3 Å². The predicted molar refractivity (Wildman–Crippen MR) is 99.4 cm³/mol. The third-order valence-electron chi connectivity index (χ3n) is 4.40. The minimum absolute atomic E-state index is 0.239. The van der Waals surface area contributed by atoms with Gasteiger partial charge in [0, 0.05) is 12.0 Å². The van der Waals surface area contributed by atoms with Crippen molar-refractivity contribution in [2.24, 2.45) is 0 Å². The van der Waals surface area contributed by atoms with Crippen LogP contribution in [0.5, 0.6) is 5.75 Å². The number of nitrogens with one attached hydrogen (secondary N) is 1. The first-order valence-electron chi connectivity index (χ1n) is 8.77. The Morgan fingerprint density at radius 3 is 2.70 bits per heavy atom. The van der Waals surface area contributed by atoms with Crippen LogP contribution in [0.25, 0.3) is 22.6 Å². The summed E-state index contributed by atoms with van der Waals surface area (Å²) in [5.41, 5.74) is 4.52. The van der Waals surface area contributed by atoms with Gasteiger partial charge in [-0.05, 0) is 42.7 Å². The number of carbonyl (C=O) groups is 1. The summed E-state index contributed by atoms with van der Waals surface area (Å²) in [5, 5.41) is 18.7. The minimum atomic E-state index is -0.611. The van der Waals surface area contributed by atoms with Gasteiger partial charge in [-0.15, -0.1) is 0 Å². The average Bonchev–Trinajstić information content (AvgIpc) is 3.15. The Morgan fingerprint density at radius 1 is 1.22 bits per heavy atom. The Labute approximate surface area is 156 Å². The quantitative estimate of drug-likeness (QED) is 0.318. The summed E-state index contributed by atoms with van der Waals surface area (Å²) < 4.78 is 11.1. The van der Waals surface area contributed by atoms with Crippen LogP contribution in [0, 0.1) is 0 Å². The zero-order chi connectivity index (χ0) is 19.2. The first kappa shape index (κ1) is 18.9. The van der Waals surface area contributed by atoms with Crippen LogP contribution in [0.1, 0.15) is 37.4 Å². The van der Waals surface area contributed by atoms with Crippen LogP contribution < -0.4 is 10.2 Å². The molecule has 2 aromatic carbocycles. The highest BCUT2D eigenvalue weighted by atomic mass is 16.5. The molecule has 142 valence electrons. The average molecular weight is 370 g/mol. The molecule has 0 aliphatic heterocycles. The molecule has 7 heteroatoms. The molecule has 0 spiro atoms. The summed E-state index contributed by atoms with van der Waals surface area (Å²) in [6.07, 6.45) is 1.45. The number of hydroxylamine groups is 1. The molecule has 27 heavy (non-hydrogen) atoms. The van der Waals surface area contributed by atoms with Crippen molar-refractivity contribution in [2.45, 2.75) is 31.8 Å². The molecule has 0 saturated carbocycles. The topological polar surface area (TPSA) is 105 Å². The largest absolute Gasteiger partial charge is 0.494 e. The van der Waals surface area contributed by atoms with Gasteiger partial charge in [0.05, 0.1) is 13.2 Å². The fraction of sp³-hybridized carbons (Fsp3) is 0.300. The lowest BCUT2D eigenvalue weighted by Gasteiger charge is -2.11. The highest BCUT2D eigenvalue weighted by molar-refractivity contribution is 5.82. The van der Waals surface area contributed by atoms with Crippen molar-refractivity contribution in [1.29, 1.82) is 0 Å². The lowest BCUT2D eigenvalue weighted by molar-refractivity contribution is -0.129. The number of fused-ring (bicyclic) bond motifs is 1. The molecule has 0 aliphatic carbocycles. The SMILES string of the molecule is COc1cccc2oc(-c3ccc([C@H](O)CCCCC(=O)NO)cc3)nc12. The van der Waals surface area contributed by atoms with Gasteiger partial charge in [-0.25, -0.2) is 10.5 Å². The smallest absolute Gasteiger partial charge is 0.243 e. The highest BCUT2D eigenvalue weighted by Crippen LogP contribution is 2.30. The Bertz CT molecular complexity index is 904. The molecule has 1 atom stereocenters. The third kappa shape index (κ3) is 4.45. The molecule has 0 fully saturated rings. The second-order valence-corrected chi connectivity index (χ2v) is 6.24.